The van der Waals surface area contributed by atoms with Gasteiger partial charge in [-0.15, -0.1) is 0 Å². The molecular weight excluding hydrogens is 250 g/mol. The number of rotatable bonds is 3. The number of carbonyl (C=O) groups excluding carboxylic acids is 1. The number of aryl methyl sites for hydroxylation is 1. The standard InChI is InChI=1S/C16H13N3O/c1-11-9-19-15(10-18-11)16(20)8-12-6-7-17-14-5-3-2-4-13(12)14/h2-7,9-10H,8H2,1H3. The van der Waals surface area contributed by atoms with Crippen molar-refractivity contribution in [1.82, 2.24) is 15.0 Å². The minimum absolute atomic E-state index is 0.0335. The number of hydrogen-bond acceptors (Lipinski definition) is 4. The summed E-state index contributed by atoms with van der Waals surface area (Å²) in [5, 5.41) is 1.00. The van der Waals surface area contributed by atoms with Gasteiger partial charge in [0.2, 0.25) is 0 Å². The Kier molecular flexibility index (Phi) is 3.21. The van der Waals surface area contributed by atoms with E-state index < -0.39 is 0 Å². The zero-order chi connectivity index (χ0) is 13.9. The number of hydrogen-bond donors (Lipinski definition) is 0. The molecule has 4 heteroatoms. The summed E-state index contributed by atoms with van der Waals surface area (Å²) in [6.07, 6.45) is 5.17. The molecule has 2 aromatic heterocycles. The lowest BCUT2D eigenvalue weighted by atomic mass is 10.0. The molecule has 0 radical (unpaired) electrons. The van der Waals surface area contributed by atoms with Crippen LogP contribution in [0.25, 0.3) is 10.9 Å². The molecule has 3 aromatic rings. The van der Waals surface area contributed by atoms with E-state index in [1.165, 1.54) is 6.20 Å². The van der Waals surface area contributed by atoms with Crippen molar-refractivity contribution >= 4 is 16.7 Å². The second-order valence-corrected chi connectivity index (χ2v) is 4.63. The van der Waals surface area contributed by atoms with Crippen molar-refractivity contribution in [1.29, 1.82) is 0 Å². The number of pyridine rings is 1. The second kappa shape index (κ2) is 5.17. The normalized spacial score (nSPS) is 10.7. The summed E-state index contributed by atoms with van der Waals surface area (Å²) in [5.41, 5.74) is 3.06. The molecule has 0 amide bonds. The van der Waals surface area contributed by atoms with Gasteiger partial charge in [-0.3, -0.25) is 14.8 Å². The highest BCUT2D eigenvalue weighted by Crippen LogP contribution is 2.17. The largest absolute Gasteiger partial charge is 0.292 e. The molecule has 0 saturated carbocycles. The van der Waals surface area contributed by atoms with Crippen LogP contribution in [0.2, 0.25) is 0 Å². The van der Waals surface area contributed by atoms with Crippen LogP contribution in [-0.4, -0.2) is 20.7 Å². The molecule has 0 atom stereocenters. The zero-order valence-corrected chi connectivity index (χ0v) is 11.1. The van der Waals surface area contributed by atoms with Crippen molar-refractivity contribution in [3.8, 4) is 0 Å². The SMILES string of the molecule is Cc1cnc(C(=O)Cc2ccnc3ccccc23)cn1. The quantitative estimate of drug-likeness (QED) is 0.682. The van der Waals surface area contributed by atoms with E-state index in [2.05, 4.69) is 15.0 Å². The second-order valence-electron chi connectivity index (χ2n) is 4.63. The van der Waals surface area contributed by atoms with Crippen molar-refractivity contribution in [2.45, 2.75) is 13.3 Å². The molecule has 0 spiro atoms. The first kappa shape index (κ1) is 12.4. The fourth-order valence-electron chi connectivity index (χ4n) is 2.11. The van der Waals surface area contributed by atoms with Crippen molar-refractivity contribution < 1.29 is 4.79 Å². The number of carbonyl (C=O) groups is 1. The van der Waals surface area contributed by atoms with Crippen LogP contribution >= 0.6 is 0 Å². The van der Waals surface area contributed by atoms with Crippen molar-refractivity contribution in [3.63, 3.8) is 0 Å². The Morgan fingerprint density at radius 3 is 2.70 bits per heavy atom. The highest BCUT2D eigenvalue weighted by atomic mass is 16.1. The molecule has 4 nitrogen and oxygen atoms in total. The topological polar surface area (TPSA) is 55.7 Å². The Morgan fingerprint density at radius 2 is 1.90 bits per heavy atom. The fraction of sp³-hybridized carbons (Fsp3) is 0.125. The van der Waals surface area contributed by atoms with E-state index in [4.69, 9.17) is 0 Å². The molecule has 3 rings (SSSR count). The minimum atomic E-state index is -0.0335. The molecule has 0 aliphatic heterocycles. The van der Waals surface area contributed by atoms with E-state index in [1.54, 1.807) is 12.4 Å². The first-order chi connectivity index (χ1) is 9.74. The average Bonchev–Trinajstić information content (AvgIpc) is 2.48. The van der Waals surface area contributed by atoms with Gasteiger partial charge in [-0.25, -0.2) is 4.98 Å². The molecule has 20 heavy (non-hydrogen) atoms. The van der Waals surface area contributed by atoms with Crippen LogP contribution in [0, 0.1) is 6.92 Å². The van der Waals surface area contributed by atoms with Gasteiger partial charge in [0.1, 0.15) is 5.69 Å². The van der Waals surface area contributed by atoms with Crippen molar-refractivity contribution in [3.05, 3.63) is 65.9 Å². The molecule has 0 N–H and O–H groups in total. The lowest BCUT2D eigenvalue weighted by Gasteiger charge is -2.05. The van der Waals surface area contributed by atoms with Crippen LogP contribution in [0.3, 0.4) is 0 Å². The Bertz CT molecular complexity index is 761. The van der Waals surface area contributed by atoms with Gasteiger partial charge in [0.15, 0.2) is 5.78 Å². The van der Waals surface area contributed by atoms with Crippen LogP contribution < -0.4 is 0 Å². The molecule has 0 unspecified atom stereocenters. The Balaban J connectivity index is 1.93. The van der Waals surface area contributed by atoms with Crippen molar-refractivity contribution in [2.24, 2.45) is 0 Å². The third-order valence-electron chi connectivity index (χ3n) is 3.16. The molecule has 0 saturated heterocycles. The predicted octanol–water partition coefficient (Wildman–Crippen LogP) is 2.76. The van der Waals surface area contributed by atoms with Gasteiger partial charge in [-0.1, -0.05) is 18.2 Å². The van der Waals surface area contributed by atoms with Gasteiger partial charge in [0, 0.05) is 24.2 Å². The fourth-order valence-corrected chi connectivity index (χ4v) is 2.11. The van der Waals surface area contributed by atoms with Crippen molar-refractivity contribution in [2.75, 3.05) is 0 Å². The number of nitrogens with zero attached hydrogens (tertiary/aromatic N) is 3. The molecule has 1 aromatic carbocycles. The van der Waals surface area contributed by atoms with Crippen LogP contribution in [0.15, 0.2) is 48.9 Å². The van der Waals surface area contributed by atoms with Crippen LogP contribution in [0.5, 0.6) is 0 Å². The summed E-state index contributed by atoms with van der Waals surface area (Å²) < 4.78 is 0. The van der Waals surface area contributed by atoms with Crippen LogP contribution in [0.1, 0.15) is 21.7 Å². The molecule has 0 bridgehead atoms. The van der Waals surface area contributed by atoms with E-state index in [1.807, 2.05) is 37.3 Å². The molecular formula is C16H13N3O. The zero-order valence-electron chi connectivity index (χ0n) is 11.1. The lowest BCUT2D eigenvalue weighted by Crippen LogP contribution is -2.07. The summed E-state index contributed by atoms with van der Waals surface area (Å²) in [6, 6.07) is 9.68. The highest BCUT2D eigenvalue weighted by molar-refractivity contribution is 5.98. The van der Waals surface area contributed by atoms with E-state index in [9.17, 15) is 4.79 Å². The van der Waals surface area contributed by atoms with E-state index >= 15 is 0 Å². The summed E-state index contributed by atoms with van der Waals surface area (Å²) in [7, 11) is 0. The first-order valence-electron chi connectivity index (χ1n) is 6.38. The van der Waals surface area contributed by atoms with E-state index in [-0.39, 0.29) is 5.78 Å². The van der Waals surface area contributed by atoms with Crippen LogP contribution in [-0.2, 0) is 6.42 Å². The van der Waals surface area contributed by atoms with E-state index in [0.717, 1.165) is 22.2 Å². The molecule has 0 fully saturated rings. The lowest BCUT2D eigenvalue weighted by molar-refractivity contribution is 0.0988. The molecule has 0 aliphatic carbocycles. The van der Waals surface area contributed by atoms with Gasteiger partial charge in [0.25, 0.3) is 0 Å². The molecule has 98 valence electrons. The van der Waals surface area contributed by atoms with Gasteiger partial charge < -0.3 is 0 Å². The monoisotopic (exact) mass is 263 g/mol. The summed E-state index contributed by atoms with van der Waals surface area (Å²) in [5.74, 6) is -0.0335. The van der Waals surface area contributed by atoms with E-state index in [0.29, 0.717) is 12.1 Å². The number of ketones is 1. The minimum Gasteiger partial charge on any atom is -0.292 e. The summed E-state index contributed by atoms with van der Waals surface area (Å²) in [6.45, 7) is 1.84. The van der Waals surface area contributed by atoms with Gasteiger partial charge in [-0.05, 0) is 24.6 Å². The highest BCUT2D eigenvalue weighted by Gasteiger charge is 2.11. The molecule has 0 aliphatic rings. The van der Waals surface area contributed by atoms with Gasteiger partial charge in [0.05, 0.1) is 17.4 Å². The maximum absolute atomic E-state index is 12.2. The molecule has 2 heterocycles. The summed E-state index contributed by atoms with van der Waals surface area (Å²) >= 11 is 0. The number of fused-ring (bicyclic) bond motifs is 1. The Labute approximate surface area is 116 Å². The van der Waals surface area contributed by atoms with Crippen LogP contribution in [0.4, 0.5) is 0 Å². The van der Waals surface area contributed by atoms with Gasteiger partial charge in [-0.2, -0.15) is 0 Å². The number of benzene rings is 1. The maximum atomic E-state index is 12.2. The first-order valence-corrected chi connectivity index (χ1v) is 6.38. The maximum Gasteiger partial charge on any atom is 0.187 e. The third-order valence-corrected chi connectivity index (χ3v) is 3.16. The van der Waals surface area contributed by atoms with Gasteiger partial charge >= 0.3 is 0 Å². The summed E-state index contributed by atoms with van der Waals surface area (Å²) in [4.78, 5) is 24.8. The smallest absolute Gasteiger partial charge is 0.187 e. The number of aromatic nitrogens is 3. The average molecular weight is 263 g/mol. The predicted molar refractivity (Wildman–Crippen MR) is 76.5 cm³/mol. The number of para-hydroxylation sites is 1. The Morgan fingerprint density at radius 1 is 1.05 bits per heavy atom. The third kappa shape index (κ3) is 2.40. The Hall–Kier alpha value is -2.62. The number of Topliss-reactive ketones (excluding diaryl/α,β-unsaturated/α-hetero) is 1.